The molecular formula is C22H29NO2. The molecule has 0 aliphatic carbocycles. The van der Waals surface area contributed by atoms with Crippen molar-refractivity contribution in [3.05, 3.63) is 71.8 Å². The quantitative estimate of drug-likeness (QED) is 0.755. The number of aliphatic hydroxyl groups excluding tert-OH is 1. The van der Waals surface area contributed by atoms with Crippen LogP contribution in [0.4, 0.5) is 0 Å². The summed E-state index contributed by atoms with van der Waals surface area (Å²) in [5.74, 6) is 0.615. The molecular weight excluding hydrogens is 310 g/mol. The Labute approximate surface area is 151 Å². The molecule has 4 atom stereocenters. The summed E-state index contributed by atoms with van der Waals surface area (Å²) in [7, 11) is 0. The van der Waals surface area contributed by atoms with Crippen LogP contribution in [0.1, 0.15) is 49.5 Å². The van der Waals surface area contributed by atoms with Crippen LogP contribution >= 0.6 is 0 Å². The maximum absolute atomic E-state index is 10.5. The van der Waals surface area contributed by atoms with Crippen LogP contribution in [0.5, 0.6) is 0 Å². The van der Waals surface area contributed by atoms with E-state index in [9.17, 15) is 5.11 Å². The van der Waals surface area contributed by atoms with Gasteiger partial charge in [-0.15, -0.1) is 0 Å². The lowest BCUT2D eigenvalue weighted by Gasteiger charge is -2.27. The van der Waals surface area contributed by atoms with Gasteiger partial charge in [-0.25, -0.2) is 0 Å². The molecule has 3 rings (SSSR count). The molecule has 0 aromatic heterocycles. The zero-order chi connectivity index (χ0) is 17.5. The molecule has 1 aliphatic heterocycles. The fourth-order valence-corrected chi connectivity index (χ4v) is 3.65. The van der Waals surface area contributed by atoms with Crippen molar-refractivity contribution in [1.29, 1.82) is 0 Å². The first kappa shape index (κ1) is 18.1. The van der Waals surface area contributed by atoms with Crippen LogP contribution in [0.15, 0.2) is 60.7 Å². The average Bonchev–Trinajstić information content (AvgIpc) is 3.16. The van der Waals surface area contributed by atoms with Crippen LogP contribution in [0.25, 0.3) is 0 Å². The Morgan fingerprint density at radius 1 is 1.04 bits per heavy atom. The number of aliphatic hydroxyl groups is 1. The Kier molecular flexibility index (Phi) is 6.62. The van der Waals surface area contributed by atoms with Gasteiger partial charge in [0.15, 0.2) is 0 Å². The van der Waals surface area contributed by atoms with E-state index in [0.717, 1.165) is 31.6 Å². The fourth-order valence-electron chi connectivity index (χ4n) is 3.65. The molecule has 0 spiro atoms. The summed E-state index contributed by atoms with van der Waals surface area (Å²) < 4.78 is 5.55. The van der Waals surface area contributed by atoms with Gasteiger partial charge in [0.2, 0.25) is 0 Å². The van der Waals surface area contributed by atoms with Gasteiger partial charge in [0.25, 0.3) is 0 Å². The van der Waals surface area contributed by atoms with E-state index in [1.807, 2.05) is 30.3 Å². The first-order valence-electron chi connectivity index (χ1n) is 9.34. The monoisotopic (exact) mass is 339 g/mol. The van der Waals surface area contributed by atoms with Gasteiger partial charge in [-0.3, -0.25) is 0 Å². The molecule has 1 saturated heterocycles. The van der Waals surface area contributed by atoms with E-state index in [1.165, 1.54) is 5.56 Å². The van der Waals surface area contributed by atoms with E-state index in [4.69, 9.17) is 4.74 Å². The Bertz CT molecular complexity index is 610. The lowest BCUT2D eigenvalue weighted by molar-refractivity contribution is 0.148. The molecule has 0 radical (unpaired) electrons. The first-order valence-corrected chi connectivity index (χ1v) is 9.34. The Balaban J connectivity index is 1.62. The number of hydrogen-bond acceptors (Lipinski definition) is 3. The number of benzene rings is 2. The lowest BCUT2D eigenvalue weighted by Crippen LogP contribution is -2.33. The van der Waals surface area contributed by atoms with E-state index < -0.39 is 6.10 Å². The molecule has 3 heteroatoms. The highest BCUT2D eigenvalue weighted by atomic mass is 16.5. The van der Waals surface area contributed by atoms with E-state index >= 15 is 0 Å². The highest BCUT2D eigenvalue weighted by Gasteiger charge is 2.23. The standard InChI is InChI=1S/C22H29NO2/c1-17(14-22(24)20-10-6-3-7-11-20)23-21(15-18-12-13-25-16-18)19-8-4-2-5-9-19/h2-11,17-18,21-24H,12-16H2,1H3. The van der Waals surface area contributed by atoms with Crippen LogP contribution in [0, 0.1) is 5.92 Å². The summed E-state index contributed by atoms with van der Waals surface area (Å²) >= 11 is 0. The zero-order valence-corrected chi connectivity index (χ0v) is 15.0. The van der Waals surface area contributed by atoms with Gasteiger partial charge in [0, 0.05) is 25.3 Å². The Hall–Kier alpha value is -1.68. The molecule has 2 N–H and O–H groups in total. The molecule has 0 amide bonds. The predicted octanol–water partition coefficient (Wildman–Crippen LogP) is 4.26. The highest BCUT2D eigenvalue weighted by molar-refractivity contribution is 5.20. The van der Waals surface area contributed by atoms with Crippen molar-refractivity contribution in [2.24, 2.45) is 5.92 Å². The topological polar surface area (TPSA) is 41.5 Å². The van der Waals surface area contributed by atoms with Crippen LogP contribution in [-0.2, 0) is 4.74 Å². The molecule has 2 aromatic carbocycles. The molecule has 1 aliphatic rings. The van der Waals surface area contributed by atoms with Crippen molar-refractivity contribution in [2.75, 3.05) is 13.2 Å². The lowest BCUT2D eigenvalue weighted by atomic mass is 9.93. The van der Waals surface area contributed by atoms with Crippen LogP contribution in [0.2, 0.25) is 0 Å². The molecule has 1 fully saturated rings. The van der Waals surface area contributed by atoms with Gasteiger partial charge in [-0.1, -0.05) is 60.7 Å². The van der Waals surface area contributed by atoms with Crippen molar-refractivity contribution < 1.29 is 9.84 Å². The van der Waals surface area contributed by atoms with Crippen LogP contribution in [0.3, 0.4) is 0 Å². The van der Waals surface area contributed by atoms with Crippen molar-refractivity contribution in [2.45, 2.75) is 44.4 Å². The SMILES string of the molecule is CC(CC(O)c1ccccc1)NC(CC1CCOC1)c1ccccc1. The van der Waals surface area contributed by atoms with E-state index in [-0.39, 0.29) is 6.04 Å². The third kappa shape index (κ3) is 5.40. The Morgan fingerprint density at radius 2 is 1.68 bits per heavy atom. The smallest absolute Gasteiger partial charge is 0.0804 e. The average molecular weight is 339 g/mol. The van der Waals surface area contributed by atoms with Crippen molar-refractivity contribution in [3.8, 4) is 0 Å². The molecule has 0 saturated carbocycles. The molecule has 1 heterocycles. The van der Waals surface area contributed by atoms with Crippen molar-refractivity contribution in [3.63, 3.8) is 0 Å². The highest BCUT2D eigenvalue weighted by Crippen LogP contribution is 2.28. The number of rotatable bonds is 8. The van der Waals surface area contributed by atoms with Gasteiger partial charge < -0.3 is 15.2 Å². The molecule has 2 aromatic rings. The summed E-state index contributed by atoms with van der Waals surface area (Å²) in [6.07, 6.45) is 2.49. The molecule has 3 nitrogen and oxygen atoms in total. The van der Waals surface area contributed by atoms with E-state index in [2.05, 4.69) is 42.6 Å². The predicted molar refractivity (Wildman–Crippen MR) is 101 cm³/mol. The summed E-state index contributed by atoms with van der Waals surface area (Å²) in [6, 6.07) is 21.1. The van der Waals surface area contributed by atoms with Gasteiger partial charge in [-0.05, 0) is 43.2 Å². The summed E-state index contributed by atoms with van der Waals surface area (Å²) in [5, 5.41) is 14.2. The van der Waals surface area contributed by atoms with Crippen molar-refractivity contribution >= 4 is 0 Å². The third-order valence-corrected chi connectivity index (χ3v) is 5.04. The van der Waals surface area contributed by atoms with E-state index in [1.54, 1.807) is 0 Å². The minimum Gasteiger partial charge on any atom is -0.388 e. The van der Waals surface area contributed by atoms with Gasteiger partial charge in [0.05, 0.1) is 6.10 Å². The van der Waals surface area contributed by atoms with Crippen LogP contribution < -0.4 is 5.32 Å². The second-order valence-corrected chi connectivity index (χ2v) is 7.16. The molecule has 0 bridgehead atoms. The third-order valence-electron chi connectivity index (χ3n) is 5.04. The molecule has 25 heavy (non-hydrogen) atoms. The summed E-state index contributed by atoms with van der Waals surface area (Å²) in [5.41, 5.74) is 2.30. The fraction of sp³-hybridized carbons (Fsp3) is 0.455. The summed E-state index contributed by atoms with van der Waals surface area (Å²) in [4.78, 5) is 0. The zero-order valence-electron chi connectivity index (χ0n) is 15.0. The molecule has 134 valence electrons. The van der Waals surface area contributed by atoms with Crippen molar-refractivity contribution in [1.82, 2.24) is 5.32 Å². The van der Waals surface area contributed by atoms with Gasteiger partial charge in [-0.2, -0.15) is 0 Å². The summed E-state index contributed by atoms with van der Waals surface area (Å²) in [6.45, 7) is 3.91. The second kappa shape index (κ2) is 9.14. The minimum atomic E-state index is -0.435. The first-order chi connectivity index (χ1) is 12.2. The maximum atomic E-state index is 10.5. The number of ether oxygens (including phenoxy) is 1. The number of hydrogen-bond donors (Lipinski definition) is 2. The second-order valence-electron chi connectivity index (χ2n) is 7.16. The number of nitrogens with one attached hydrogen (secondary N) is 1. The Morgan fingerprint density at radius 3 is 2.28 bits per heavy atom. The van der Waals surface area contributed by atoms with Crippen LogP contribution in [-0.4, -0.2) is 24.4 Å². The van der Waals surface area contributed by atoms with Gasteiger partial charge >= 0.3 is 0 Å². The molecule has 4 unspecified atom stereocenters. The largest absolute Gasteiger partial charge is 0.388 e. The normalized spacial score (nSPS) is 21.0. The maximum Gasteiger partial charge on any atom is 0.0804 e. The van der Waals surface area contributed by atoms with Gasteiger partial charge in [0.1, 0.15) is 0 Å². The van der Waals surface area contributed by atoms with E-state index in [0.29, 0.717) is 18.4 Å². The minimum absolute atomic E-state index is 0.225.